The van der Waals surface area contributed by atoms with E-state index in [0.717, 1.165) is 24.0 Å². The molecule has 1 aliphatic heterocycles. The molecule has 34 heavy (non-hydrogen) atoms. The Balaban J connectivity index is 1.65. The Morgan fingerprint density at radius 2 is 1.68 bits per heavy atom. The predicted molar refractivity (Wildman–Crippen MR) is 120 cm³/mol. The molecule has 0 bridgehead atoms. The molecular weight excluding hydrogens is 447 g/mol. The maximum atomic E-state index is 13.4. The van der Waals surface area contributed by atoms with Crippen LogP contribution < -0.4 is 16.4 Å². The average Bonchev–Trinajstić information content (AvgIpc) is 3.61. The quantitative estimate of drug-likeness (QED) is 0.532. The maximum Gasteiger partial charge on any atom is 0.389 e. The predicted octanol–water partition coefficient (Wildman–Crippen LogP) is 4.32. The highest BCUT2D eigenvalue weighted by atomic mass is 19.4. The van der Waals surface area contributed by atoms with Gasteiger partial charge < -0.3 is 16.4 Å². The Labute approximate surface area is 195 Å². The van der Waals surface area contributed by atoms with Gasteiger partial charge in [-0.2, -0.15) is 13.2 Å². The van der Waals surface area contributed by atoms with Gasteiger partial charge in [0.15, 0.2) is 0 Å². The molecule has 180 valence electrons. The van der Waals surface area contributed by atoms with E-state index >= 15 is 0 Å². The Bertz CT molecular complexity index is 1100. The summed E-state index contributed by atoms with van der Waals surface area (Å²) in [6.07, 6.45) is -4.31. The fraction of sp³-hybridized carbons (Fsp3) is 0.400. The van der Waals surface area contributed by atoms with Crippen LogP contribution in [-0.4, -0.2) is 23.9 Å². The second kappa shape index (κ2) is 9.48. The number of nitrogens with one attached hydrogen (secondary N) is 2. The molecule has 0 spiro atoms. The molecule has 1 fully saturated rings. The number of fused-ring (bicyclic) bond motifs is 3. The highest BCUT2D eigenvalue weighted by Crippen LogP contribution is 2.40. The van der Waals surface area contributed by atoms with Gasteiger partial charge in [-0.05, 0) is 36.0 Å². The number of amides is 3. The summed E-state index contributed by atoms with van der Waals surface area (Å²) in [5.41, 5.74) is 8.10. The third-order valence-electron chi connectivity index (χ3n) is 6.51. The van der Waals surface area contributed by atoms with E-state index in [9.17, 15) is 27.6 Å². The number of hydrogen-bond acceptors (Lipinski definition) is 3. The zero-order valence-corrected chi connectivity index (χ0v) is 18.4. The first kappa shape index (κ1) is 23.8. The minimum Gasteiger partial charge on any atom is -0.369 e. The van der Waals surface area contributed by atoms with Gasteiger partial charge >= 0.3 is 6.18 Å². The van der Waals surface area contributed by atoms with E-state index in [4.69, 9.17) is 5.73 Å². The highest BCUT2D eigenvalue weighted by molar-refractivity contribution is 6.04. The number of benzene rings is 2. The lowest BCUT2D eigenvalue weighted by atomic mass is 9.82. The molecule has 9 heteroatoms. The number of nitrogens with two attached hydrogens (primary N) is 1. The molecule has 6 nitrogen and oxygen atoms in total. The number of primary amides is 1. The van der Waals surface area contributed by atoms with Crippen molar-refractivity contribution in [1.29, 1.82) is 0 Å². The van der Waals surface area contributed by atoms with E-state index in [1.54, 1.807) is 30.3 Å². The van der Waals surface area contributed by atoms with Gasteiger partial charge in [-0.3, -0.25) is 14.4 Å². The van der Waals surface area contributed by atoms with Crippen LogP contribution in [0.3, 0.4) is 0 Å². The van der Waals surface area contributed by atoms with Crippen molar-refractivity contribution in [1.82, 2.24) is 5.32 Å². The van der Waals surface area contributed by atoms with Crippen molar-refractivity contribution in [2.45, 2.75) is 44.3 Å². The smallest absolute Gasteiger partial charge is 0.369 e. The van der Waals surface area contributed by atoms with E-state index in [1.807, 2.05) is 18.2 Å². The topological polar surface area (TPSA) is 101 Å². The Kier molecular flexibility index (Phi) is 6.63. The molecule has 2 aromatic rings. The van der Waals surface area contributed by atoms with Gasteiger partial charge in [0.2, 0.25) is 11.8 Å². The molecule has 1 saturated carbocycles. The Hall–Kier alpha value is -3.36. The first-order chi connectivity index (χ1) is 16.1. The minimum absolute atomic E-state index is 0.176. The van der Waals surface area contributed by atoms with Gasteiger partial charge in [0.1, 0.15) is 6.04 Å². The Morgan fingerprint density at radius 1 is 1.03 bits per heavy atom. The summed E-state index contributed by atoms with van der Waals surface area (Å²) in [4.78, 5) is 38.6. The third-order valence-corrected chi connectivity index (χ3v) is 6.51. The van der Waals surface area contributed by atoms with Crippen LogP contribution in [-0.2, 0) is 14.4 Å². The molecule has 3 atom stereocenters. The van der Waals surface area contributed by atoms with Gasteiger partial charge in [0.25, 0.3) is 5.91 Å². The lowest BCUT2D eigenvalue weighted by Crippen LogP contribution is -2.45. The molecule has 0 aromatic heterocycles. The number of carbonyl (C=O) groups excluding carboxylic acids is 3. The molecule has 2 aliphatic rings. The zero-order valence-electron chi connectivity index (χ0n) is 18.4. The number of anilines is 1. The van der Waals surface area contributed by atoms with Crippen molar-refractivity contribution in [3.05, 3.63) is 54.1 Å². The average molecular weight is 473 g/mol. The van der Waals surface area contributed by atoms with Crippen molar-refractivity contribution in [3.63, 3.8) is 0 Å². The fourth-order valence-electron chi connectivity index (χ4n) is 4.59. The first-order valence-electron chi connectivity index (χ1n) is 11.3. The van der Waals surface area contributed by atoms with Crippen LogP contribution in [0.15, 0.2) is 48.5 Å². The van der Waals surface area contributed by atoms with E-state index in [1.165, 1.54) is 0 Å². The molecule has 4 N–H and O–H groups in total. The first-order valence-corrected chi connectivity index (χ1v) is 11.3. The second-order valence-corrected chi connectivity index (χ2v) is 9.01. The number of alkyl halides is 3. The molecular formula is C25H26F3N3O3. The van der Waals surface area contributed by atoms with Crippen LogP contribution in [0.5, 0.6) is 0 Å². The van der Waals surface area contributed by atoms with E-state index in [2.05, 4.69) is 10.6 Å². The number of rotatable bonds is 8. The summed E-state index contributed by atoms with van der Waals surface area (Å²) in [6, 6.07) is 13.1. The minimum atomic E-state index is -4.49. The van der Waals surface area contributed by atoms with Crippen molar-refractivity contribution in [3.8, 4) is 11.1 Å². The summed E-state index contributed by atoms with van der Waals surface area (Å²) >= 11 is 0. The lowest BCUT2D eigenvalue weighted by molar-refractivity contribution is -0.146. The van der Waals surface area contributed by atoms with Crippen LogP contribution in [0.1, 0.15) is 43.7 Å². The molecule has 2 aromatic carbocycles. The molecule has 3 amide bonds. The number of hydrogen-bond donors (Lipinski definition) is 3. The van der Waals surface area contributed by atoms with Crippen molar-refractivity contribution < 1.29 is 27.6 Å². The van der Waals surface area contributed by atoms with Crippen molar-refractivity contribution >= 4 is 23.4 Å². The lowest BCUT2D eigenvalue weighted by Gasteiger charge is -2.27. The van der Waals surface area contributed by atoms with Crippen LogP contribution >= 0.6 is 0 Å². The highest BCUT2D eigenvalue weighted by Gasteiger charge is 2.41. The molecule has 0 unspecified atom stereocenters. The third kappa shape index (κ3) is 5.40. The summed E-state index contributed by atoms with van der Waals surface area (Å²) in [5, 5.41) is 5.43. The summed E-state index contributed by atoms with van der Waals surface area (Å²) < 4.78 is 39.1. The summed E-state index contributed by atoms with van der Waals surface area (Å²) in [6.45, 7) is 0. The van der Waals surface area contributed by atoms with Crippen molar-refractivity contribution in [2.24, 2.45) is 23.5 Å². The number of carbonyl (C=O) groups is 3. The molecule has 1 heterocycles. The standard InChI is InChI=1S/C25H26F3N3O3/c26-25(27,28)12-11-18(19(22(29)32)13-14-9-10-14)23(33)31-21-17-7-2-1-5-15(17)16-6-3-4-8-20(16)30-24(21)34/h1-8,14,18-19,21H,9-13H2,(H2,29,32)(H,30,34)(H,31,33)/t18-,19+,21+/m1/s1. The second-order valence-electron chi connectivity index (χ2n) is 9.01. The van der Waals surface area contributed by atoms with Crippen LogP contribution in [0, 0.1) is 17.8 Å². The van der Waals surface area contributed by atoms with Gasteiger partial charge in [0, 0.05) is 29.5 Å². The van der Waals surface area contributed by atoms with E-state index in [-0.39, 0.29) is 12.3 Å². The number of halogens is 3. The largest absolute Gasteiger partial charge is 0.389 e. The van der Waals surface area contributed by atoms with Crippen LogP contribution in [0.2, 0.25) is 0 Å². The van der Waals surface area contributed by atoms with Crippen LogP contribution in [0.4, 0.5) is 18.9 Å². The normalized spacial score (nSPS) is 19.1. The van der Waals surface area contributed by atoms with E-state index in [0.29, 0.717) is 11.3 Å². The fourth-order valence-corrected chi connectivity index (χ4v) is 4.59. The molecule has 0 saturated heterocycles. The Morgan fingerprint density at radius 3 is 2.32 bits per heavy atom. The SMILES string of the molecule is NC(=O)[C@@H](CC1CC1)[C@@H](CCC(F)(F)F)C(=O)N[C@@H]1C(=O)Nc2ccccc2-c2ccccc21. The number of para-hydroxylation sites is 1. The van der Waals surface area contributed by atoms with Gasteiger partial charge in [-0.1, -0.05) is 55.3 Å². The van der Waals surface area contributed by atoms with Crippen molar-refractivity contribution in [2.75, 3.05) is 5.32 Å². The van der Waals surface area contributed by atoms with Crippen LogP contribution in [0.25, 0.3) is 11.1 Å². The summed E-state index contributed by atoms with van der Waals surface area (Å²) in [7, 11) is 0. The monoisotopic (exact) mass is 473 g/mol. The van der Waals surface area contributed by atoms with Gasteiger partial charge in [0.05, 0.1) is 0 Å². The zero-order chi connectivity index (χ0) is 24.5. The molecule has 1 aliphatic carbocycles. The van der Waals surface area contributed by atoms with Gasteiger partial charge in [-0.15, -0.1) is 0 Å². The summed E-state index contributed by atoms with van der Waals surface area (Å²) in [5.74, 6) is -4.24. The maximum absolute atomic E-state index is 13.4. The molecule has 0 radical (unpaired) electrons. The molecule has 4 rings (SSSR count). The van der Waals surface area contributed by atoms with E-state index < -0.39 is 54.6 Å². The van der Waals surface area contributed by atoms with Gasteiger partial charge in [-0.25, -0.2) is 0 Å².